The third-order valence-electron chi connectivity index (χ3n) is 2.09. The van der Waals surface area contributed by atoms with Crippen LogP contribution in [0.3, 0.4) is 0 Å². The van der Waals surface area contributed by atoms with Crippen molar-refractivity contribution >= 4 is 5.78 Å². The molecule has 76 valence electrons. The van der Waals surface area contributed by atoms with Gasteiger partial charge in [-0.05, 0) is 13.8 Å². The number of hydrogen-bond acceptors (Lipinski definition) is 4. The van der Waals surface area contributed by atoms with E-state index in [2.05, 4.69) is 15.1 Å². The molecule has 0 spiro atoms. The minimum Gasteiger partial charge on any atom is -0.294 e. The first-order chi connectivity index (χ1) is 7.18. The van der Waals surface area contributed by atoms with Crippen LogP contribution < -0.4 is 0 Å². The topological polar surface area (TPSA) is 60.7 Å². The maximum atomic E-state index is 11.2. The van der Waals surface area contributed by atoms with E-state index < -0.39 is 0 Å². The minimum absolute atomic E-state index is 0.00981. The molecular formula is C10H10N4O. The summed E-state index contributed by atoms with van der Waals surface area (Å²) in [5, 5.41) is 4.22. The van der Waals surface area contributed by atoms with Crippen molar-refractivity contribution in [3.8, 4) is 5.69 Å². The van der Waals surface area contributed by atoms with Crippen LogP contribution in [0.2, 0.25) is 0 Å². The van der Waals surface area contributed by atoms with Crippen LogP contribution in [0.4, 0.5) is 0 Å². The van der Waals surface area contributed by atoms with Crippen LogP contribution in [0.15, 0.2) is 24.9 Å². The fraction of sp³-hybridized carbons (Fsp3) is 0.200. The Labute approximate surface area is 86.8 Å². The summed E-state index contributed by atoms with van der Waals surface area (Å²) >= 11 is 0. The Bertz CT molecular complexity index is 489. The molecule has 0 fully saturated rings. The summed E-state index contributed by atoms with van der Waals surface area (Å²) in [6.45, 7) is 3.33. The molecule has 0 N–H and O–H groups in total. The quantitative estimate of drug-likeness (QED) is 0.686. The van der Waals surface area contributed by atoms with E-state index in [1.54, 1.807) is 30.2 Å². The molecule has 0 saturated carbocycles. The Hall–Kier alpha value is -2.04. The first-order valence-electron chi connectivity index (χ1n) is 4.51. The number of carbonyl (C=O) groups is 1. The van der Waals surface area contributed by atoms with Crippen molar-refractivity contribution in [1.29, 1.82) is 0 Å². The van der Waals surface area contributed by atoms with Crippen LogP contribution in [-0.2, 0) is 0 Å². The number of nitrogens with zero attached hydrogens (tertiary/aromatic N) is 4. The standard InChI is InChI=1S/C10H10N4O/c1-7-10(8(2)15)5-14(13-7)9-3-11-6-12-4-9/h3-6H,1-2H3. The van der Waals surface area contributed by atoms with Gasteiger partial charge in [0.05, 0.1) is 23.7 Å². The number of aromatic nitrogens is 4. The van der Waals surface area contributed by atoms with Crippen molar-refractivity contribution in [3.05, 3.63) is 36.2 Å². The van der Waals surface area contributed by atoms with Gasteiger partial charge in [-0.25, -0.2) is 14.6 Å². The third kappa shape index (κ3) is 1.76. The zero-order valence-corrected chi connectivity index (χ0v) is 8.51. The van der Waals surface area contributed by atoms with Crippen LogP contribution in [0, 0.1) is 6.92 Å². The largest absolute Gasteiger partial charge is 0.294 e. The Balaban J connectivity index is 2.48. The van der Waals surface area contributed by atoms with E-state index in [9.17, 15) is 4.79 Å². The summed E-state index contributed by atoms with van der Waals surface area (Å²) in [6.07, 6.45) is 6.43. The zero-order chi connectivity index (χ0) is 10.8. The number of hydrogen-bond donors (Lipinski definition) is 0. The van der Waals surface area contributed by atoms with Crippen molar-refractivity contribution in [1.82, 2.24) is 19.7 Å². The molecule has 5 nitrogen and oxygen atoms in total. The van der Waals surface area contributed by atoms with E-state index in [0.717, 1.165) is 5.69 Å². The highest BCUT2D eigenvalue weighted by Gasteiger charge is 2.09. The predicted octanol–water partition coefficient (Wildman–Crippen LogP) is 1.17. The SMILES string of the molecule is CC(=O)c1cn(-c2cncnc2)nc1C. The predicted molar refractivity (Wildman–Crippen MR) is 53.9 cm³/mol. The average molecular weight is 202 g/mol. The molecule has 0 amide bonds. The van der Waals surface area contributed by atoms with Crippen LogP contribution in [0.25, 0.3) is 5.69 Å². The lowest BCUT2D eigenvalue weighted by Gasteiger charge is -1.97. The molecule has 2 heterocycles. The van der Waals surface area contributed by atoms with Crippen LogP contribution in [0.1, 0.15) is 23.0 Å². The lowest BCUT2D eigenvalue weighted by Crippen LogP contribution is -1.96. The van der Waals surface area contributed by atoms with Gasteiger partial charge in [0.1, 0.15) is 12.0 Å². The lowest BCUT2D eigenvalue weighted by molar-refractivity contribution is 0.101. The fourth-order valence-corrected chi connectivity index (χ4v) is 1.35. The smallest absolute Gasteiger partial charge is 0.163 e. The number of ketones is 1. The second-order valence-electron chi connectivity index (χ2n) is 3.23. The van der Waals surface area contributed by atoms with Crippen molar-refractivity contribution in [2.45, 2.75) is 13.8 Å². The van der Waals surface area contributed by atoms with Crippen LogP contribution in [0.5, 0.6) is 0 Å². The van der Waals surface area contributed by atoms with Crippen molar-refractivity contribution < 1.29 is 4.79 Å². The zero-order valence-electron chi connectivity index (χ0n) is 8.51. The van der Waals surface area contributed by atoms with Crippen molar-refractivity contribution in [2.75, 3.05) is 0 Å². The van der Waals surface area contributed by atoms with Gasteiger partial charge in [0, 0.05) is 6.20 Å². The van der Waals surface area contributed by atoms with Crippen molar-refractivity contribution in [3.63, 3.8) is 0 Å². The summed E-state index contributed by atoms with van der Waals surface area (Å²) in [5.41, 5.74) is 2.08. The highest BCUT2D eigenvalue weighted by Crippen LogP contribution is 2.10. The molecule has 0 unspecified atom stereocenters. The average Bonchev–Trinajstić information content (AvgIpc) is 2.62. The second-order valence-corrected chi connectivity index (χ2v) is 3.23. The van der Waals surface area contributed by atoms with E-state index in [0.29, 0.717) is 11.3 Å². The summed E-state index contributed by atoms with van der Waals surface area (Å²) < 4.78 is 1.60. The second kappa shape index (κ2) is 3.61. The van der Waals surface area contributed by atoms with E-state index >= 15 is 0 Å². The van der Waals surface area contributed by atoms with Gasteiger partial charge in [-0.3, -0.25) is 4.79 Å². The molecule has 0 aromatic carbocycles. The lowest BCUT2D eigenvalue weighted by atomic mass is 10.2. The van der Waals surface area contributed by atoms with Gasteiger partial charge in [-0.2, -0.15) is 5.10 Å². The first kappa shape index (κ1) is 9.51. The van der Waals surface area contributed by atoms with Gasteiger partial charge in [0.15, 0.2) is 5.78 Å². The molecule has 2 rings (SSSR count). The molecule has 0 atom stereocenters. The van der Waals surface area contributed by atoms with E-state index in [4.69, 9.17) is 0 Å². The highest BCUT2D eigenvalue weighted by molar-refractivity contribution is 5.94. The monoisotopic (exact) mass is 202 g/mol. The molecular weight excluding hydrogens is 192 g/mol. The molecule has 0 radical (unpaired) electrons. The van der Waals surface area contributed by atoms with Gasteiger partial charge in [0.25, 0.3) is 0 Å². The van der Waals surface area contributed by atoms with Gasteiger partial charge in [-0.1, -0.05) is 0 Å². The molecule has 0 aliphatic rings. The molecule has 2 aromatic rings. The number of carbonyl (C=O) groups excluding carboxylic acids is 1. The number of rotatable bonds is 2. The maximum Gasteiger partial charge on any atom is 0.163 e. The minimum atomic E-state index is 0.00981. The summed E-state index contributed by atoms with van der Waals surface area (Å²) in [6, 6.07) is 0. The Morgan fingerprint density at radius 2 is 2.00 bits per heavy atom. The summed E-state index contributed by atoms with van der Waals surface area (Å²) in [4.78, 5) is 19.0. The summed E-state index contributed by atoms with van der Waals surface area (Å²) in [7, 11) is 0. The third-order valence-corrected chi connectivity index (χ3v) is 2.09. The Kier molecular flexibility index (Phi) is 2.29. The van der Waals surface area contributed by atoms with Crippen LogP contribution >= 0.6 is 0 Å². The molecule has 15 heavy (non-hydrogen) atoms. The molecule has 0 saturated heterocycles. The fourth-order valence-electron chi connectivity index (χ4n) is 1.35. The van der Waals surface area contributed by atoms with E-state index in [1.807, 2.05) is 0 Å². The molecule has 0 aliphatic carbocycles. The van der Waals surface area contributed by atoms with Gasteiger partial charge in [0.2, 0.25) is 0 Å². The Morgan fingerprint density at radius 1 is 1.33 bits per heavy atom. The maximum absolute atomic E-state index is 11.2. The summed E-state index contributed by atoms with van der Waals surface area (Å²) in [5.74, 6) is 0.00981. The normalized spacial score (nSPS) is 10.3. The molecule has 0 aliphatic heterocycles. The first-order valence-corrected chi connectivity index (χ1v) is 4.51. The van der Waals surface area contributed by atoms with Crippen LogP contribution in [-0.4, -0.2) is 25.5 Å². The van der Waals surface area contributed by atoms with Gasteiger partial charge >= 0.3 is 0 Å². The van der Waals surface area contributed by atoms with E-state index in [1.165, 1.54) is 13.3 Å². The molecule has 0 bridgehead atoms. The highest BCUT2D eigenvalue weighted by atomic mass is 16.1. The number of Topliss-reactive ketones (excluding diaryl/α,β-unsaturated/α-hetero) is 1. The number of aryl methyl sites for hydroxylation is 1. The van der Waals surface area contributed by atoms with Crippen molar-refractivity contribution in [2.24, 2.45) is 0 Å². The van der Waals surface area contributed by atoms with E-state index in [-0.39, 0.29) is 5.78 Å². The van der Waals surface area contributed by atoms with Gasteiger partial charge in [-0.15, -0.1) is 0 Å². The Morgan fingerprint density at radius 3 is 2.53 bits per heavy atom. The molecule has 5 heteroatoms. The molecule has 2 aromatic heterocycles. The van der Waals surface area contributed by atoms with Gasteiger partial charge < -0.3 is 0 Å².